The number of esters is 1. The van der Waals surface area contributed by atoms with E-state index in [9.17, 15) is 4.79 Å². The summed E-state index contributed by atoms with van der Waals surface area (Å²) in [6.45, 7) is 10.6. The molecule has 14 heavy (non-hydrogen) atoms. The van der Waals surface area contributed by atoms with Crippen LogP contribution in [0.5, 0.6) is 0 Å². The minimum Gasteiger partial charge on any atom is -0.460 e. The zero-order valence-corrected chi connectivity index (χ0v) is 10.0. The molecule has 0 amide bonds. The van der Waals surface area contributed by atoms with Crippen molar-refractivity contribution in [3.05, 3.63) is 0 Å². The van der Waals surface area contributed by atoms with Gasteiger partial charge in [-0.15, -0.1) is 0 Å². The Hall–Kier alpha value is -0.570. The molecule has 0 fully saturated rings. The van der Waals surface area contributed by atoms with Crippen molar-refractivity contribution in [2.75, 3.05) is 6.54 Å². The number of carbonyl (C=O) groups excluding carboxylic acids is 1. The van der Waals surface area contributed by atoms with Crippen LogP contribution in [0.2, 0.25) is 0 Å². The molecule has 0 aromatic rings. The van der Waals surface area contributed by atoms with Crippen LogP contribution in [0.4, 0.5) is 0 Å². The summed E-state index contributed by atoms with van der Waals surface area (Å²) in [6, 6.07) is 0.470. The van der Waals surface area contributed by atoms with Gasteiger partial charge in [-0.3, -0.25) is 4.79 Å². The molecule has 0 aliphatic rings. The molecule has 1 atom stereocenters. The standard InChI is InChI=1S/C11H23NO2/c1-6-9(2)12-8-7-10(13)14-11(3,4)5/h9,12H,6-8H2,1-5H3/t9-/m0/s1. The fraction of sp³-hybridized carbons (Fsp3) is 0.909. The van der Waals surface area contributed by atoms with Crippen molar-refractivity contribution in [1.29, 1.82) is 0 Å². The Morgan fingerprint density at radius 1 is 1.43 bits per heavy atom. The zero-order chi connectivity index (χ0) is 11.2. The predicted molar refractivity (Wildman–Crippen MR) is 58.2 cm³/mol. The van der Waals surface area contributed by atoms with Crippen LogP contribution >= 0.6 is 0 Å². The van der Waals surface area contributed by atoms with Crippen LogP contribution in [0, 0.1) is 0 Å². The largest absolute Gasteiger partial charge is 0.460 e. The average Bonchev–Trinajstić information content (AvgIpc) is 2.00. The maximum absolute atomic E-state index is 11.3. The number of rotatable bonds is 5. The average molecular weight is 201 g/mol. The Labute approximate surface area is 87.2 Å². The molecule has 0 unspecified atom stereocenters. The smallest absolute Gasteiger partial charge is 0.307 e. The molecule has 0 aliphatic carbocycles. The second-order valence-electron chi connectivity index (χ2n) is 4.60. The lowest BCUT2D eigenvalue weighted by atomic mass is 10.2. The van der Waals surface area contributed by atoms with E-state index in [1.165, 1.54) is 0 Å². The van der Waals surface area contributed by atoms with E-state index >= 15 is 0 Å². The second kappa shape index (κ2) is 6.02. The fourth-order valence-corrected chi connectivity index (χ4v) is 0.958. The summed E-state index contributed by atoms with van der Waals surface area (Å²) >= 11 is 0. The number of nitrogens with one attached hydrogen (secondary N) is 1. The molecule has 0 aliphatic heterocycles. The molecule has 0 aromatic heterocycles. The third-order valence-electron chi connectivity index (χ3n) is 1.85. The minimum atomic E-state index is -0.368. The van der Waals surface area contributed by atoms with E-state index in [1.807, 2.05) is 20.8 Å². The van der Waals surface area contributed by atoms with Gasteiger partial charge in [0.2, 0.25) is 0 Å². The van der Waals surface area contributed by atoms with Crippen LogP contribution in [0.1, 0.15) is 47.5 Å². The molecule has 0 saturated heterocycles. The Morgan fingerprint density at radius 3 is 2.43 bits per heavy atom. The lowest BCUT2D eigenvalue weighted by Crippen LogP contribution is -2.30. The van der Waals surface area contributed by atoms with E-state index in [2.05, 4.69) is 19.2 Å². The number of carbonyl (C=O) groups is 1. The molecule has 0 rings (SSSR count). The highest BCUT2D eigenvalue weighted by Gasteiger charge is 2.15. The Kier molecular flexibility index (Phi) is 5.77. The van der Waals surface area contributed by atoms with Crippen LogP contribution in [0.15, 0.2) is 0 Å². The molecular formula is C11H23NO2. The van der Waals surface area contributed by atoms with E-state index in [0.29, 0.717) is 19.0 Å². The number of ether oxygens (including phenoxy) is 1. The molecule has 0 bridgehead atoms. The number of hydrogen-bond donors (Lipinski definition) is 1. The summed E-state index contributed by atoms with van der Waals surface area (Å²) in [6.07, 6.45) is 1.52. The lowest BCUT2D eigenvalue weighted by Gasteiger charge is -2.19. The van der Waals surface area contributed by atoms with Gasteiger partial charge in [0.25, 0.3) is 0 Å². The highest BCUT2D eigenvalue weighted by atomic mass is 16.6. The van der Waals surface area contributed by atoms with Gasteiger partial charge in [0.15, 0.2) is 0 Å². The van der Waals surface area contributed by atoms with E-state index in [-0.39, 0.29) is 11.6 Å². The first-order valence-corrected chi connectivity index (χ1v) is 5.30. The fourth-order valence-electron chi connectivity index (χ4n) is 0.958. The van der Waals surface area contributed by atoms with E-state index in [1.54, 1.807) is 0 Å². The Bertz CT molecular complexity index is 173. The molecule has 0 saturated carbocycles. The third kappa shape index (κ3) is 8.05. The predicted octanol–water partition coefficient (Wildman–Crippen LogP) is 2.11. The van der Waals surface area contributed by atoms with Crippen molar-refractivity contribution in [1.82, 2.24) is 5.32 Å². The van der Waals surface area contributed by atoms with Gasteiger partial charge in [-0.2, -0.15) is 0 Å². The van der Waals surface area contributed by atoms with Crippen LogP contribution in [-0.4, -0.2) is 24.2 Å². The quantitative estimate of drug-likeness (QED) is 0.692. The van der Waals surface area contributed by atoms with Crippen molar-refractivity contribution < 1.29 is 9.53 Å². The van der Waals surface area contributed by atoms with Crippen LogP contribution in [-0.2, 0) is 9.53 Å². The monoisotopic (exact) mass is 201 g/mol. The maximum Gasteiger partial charge on any atom is 0.307 e. The van der Waals surface area contributed by atoms with Crippen molar-refractivity contribution in [3.8, 4) is 0 Å². The van der Waals surface area contributed by atoms with Gasteiger partial charge in [0.1, 0.15) is 5.60 Å². The molecule has 0 aromatic carbocycles. The van der Waals surface area contributed by atoms with E-state index in [0.717, 1.165) is 6.42 Å². The first-order valence-electron chi connectivity index (χ1n) is 5.30. The normalized spacial score (nSPS) is 13.8. The maximum atomic E-state index is 11.3. The second-order valence-corrected chi connectivity index (χ2v) is 4.60. The number of hydrogen-bond acceptors (Lipinski definition) is 3. The van der Waals surface area contributed by atoms with Gasteiger partial charge in [0, 0.05) is 12.6 Å². The molecule has 0 spiro atoms. The molecular weight excluding hydrogens is 178 g/mol. The molecule has 3 heteroatoms. The van der Waals surface area contributed by atoms with Crippen molar-refractivity contribution in [2.24, 2.45) is 0 Å². The summed E-state index contributed by atoms with van der Waals surface area (Å²) in [5, 5.41) is 3.25. The molecule has 1 N–H and O–H groups in total. The third-order valence-corrected chi connectivity index (χ3v) is 1.85. The topological polar surface area (TPSA) is 38.3 Å². The van der Waals surface area contributed by atoms with Crippen molar-refractivity contribution >= 4 is 5.97 Å². The van der Waals surface area contributed by atoms with Gasteiger partial charge in [0.05, 0.1) is 6.42 Å². The molecule has 0 heterocycles. The molecule has 3 nitrogen and oxygen atoms in total. The summed E-state index contributed by atoms with van der Waals surface area (Å²) < 4.78 is 5.17. The molecule has 84 valence electrons. The van der Waals surface area contributed by atoms with Crippen LogP contribution in [0.3, 0.4) is 0 Å². The highest BCUT2D eigenvalue weighted by molar-refractivity contribution is 5.70. The highest BCUT2D eigenvalue weighted by Crippen LogP contribution is 2.07. The summed E-state index contributed by atoms with van der Waals surface area (Å²) in [7, 11) is 0. The van der Waals surface area contributed by atoms with Crippen LogP contribution < -0.4 is 5.32 Å². The summed E-state index contributed by atoms with van der Waals surface area (Å²) in [5.74, 6) is -0.131. The van der Waals surface area contributed by atoms with E-state index < -0.39 is 0 Å². The summed E-state index contributed by atoms with van der Waals surface area (Å²) in [4.78, 5) is 11.3. The SMILES string of the molecule is CC[C@H](C)NCCC(=O)OC(C)(C)C. The first kappa shape index (κ1) is 13.4. The van der Waals surface area contributed by atoms with E-state index in [4.69, 9.17) is 4.74 Å². The lowest BCUT2D eigenvalue weighted by molar-refractivity contribution is -0.154. The Balaban J connectivity index is 3.55. The van der Waals surface area contributed by atoms with Gasteiger partial charge in [-0.1, -0.05) is 6.92 Å². The zero-order valence-electron chi connectivity index (χ0n) is 10.0. The first-order chi connectivity index (χ1) is 6.35. The van der Waals surface area contributed by atoms with Gasteiger partial charge < -0.3 is 10.1 Å². The van der Waals surface area contributed by atoms with Crippen LogP contribution in [0.25, 0.3) is 0 Å². The van der Waals surface area contributed by atoms with Gasteiger partial charge in [-0.25, -0.2) is 0 Å². The summed E-state index contributed by atoms with van der Waals surface area (Å²) in [5.41, 5.74) is -0.368. The van der Waals surface area contributed by atoms with Gasteiger partial charge >= 0.3 is 5.97 Å². The minimum absolute atomic E-state index is 0.131. The Morgan fingerprint density at radius 2 is 2.00 bits per heavy atom. The van der Waals surface area contributed by atoms with Crippen molar-refractivity contribution in [3.63, 3.8) is 0 Å². The van der Waals surface area contributed by atoms with Crippen molar-refractivity contribution in [2.45, 2.75) is 59.1 Å². The van der Waals surface area contributed by atoms with Gasteiger partial charge in [-0.05, 0) is 34.1 Å². The molecule has 0 radical (unpaired) electrons.